The van der Waals surface area contributed by atoms with Gasteiger partial charge >= 0.3 is 19.8 Å². The van der Waals surface area contributed by atoms with Gasteiger partial charge in [-0.3, -0.25) is 0 Å². The molecule has 0 fully saturated rings. The first kappa shape index (κ1) is 16.6. The first-order valence-electron chi connectivity index (χ1n) is 0.154. The summed E-state index contributed by atoms with van der Waals surface area (Å²) in [5.74, 6) is 0. The summed E-state index contributed by atoms with van der Waals surface area (Å²) >= 11 is 1.69. The molecule has 0 aliphatic heterocycles. The van der Waals surface area contributed by atoms with Crippen LogP contribution in [0.1, 0.15) is 0 Å². The molecular weight excluding hydrogens is 269 g/mol. The Kier molecular flexibility index (Phi) is 82.7. The quantitative estimate of drug-likeness (QED) is 0.560. The van der Waals surface area contributed by atoms with Crippen molar-refractivity contribution in [3.63, 3.8) is 0 Å². The molecule has 0 aromatic rings. The summed E-state index contributed by atoms with van der Waals surface area (Å²) in [5, 5.41) is 0. The minimum absolute atomic E-state index is 0. The molecule has 0 rings (SSSR count). The Labute approximate surface area is 71.1 Å². The van der Waals surface area contributed by atoms with Gasteiger partial charge in [0.25, 0.3) is 0 Å². The van der Waals surface area contributed by atoms with Gasteiger partial charge in [-0.05, 0) is 0 Å². The van der Waals surface area contributed by atoms with Crippen molar-refractivity contribution in [3.05, 3.63) is 0 Å². The molecule has 0 aliphatic carbocycles. The molecule has 0 unspecified atom stereocenters. The molecule has 0 aromatic heterocycles. The van der Waals surface area contributed by atoms with Crippen LogP contribution in [0.5, 0.6) is 0 Å². The molecule has 4 heteroatoms. The Hall–Kier alpha value is 2.02. The molecule has 0 amide bonds. The Balaban J connectivity index is -0.00000000500. The van der Waals surface area contributed by atoms with E-state index in [4.69, 9.17) is 3.83 Å². The van der Waals surface area contributed by atoms with Gasteiger partial charge in [0.2, 0.25) is 0 Å². The van der Waals surface area contributed by atoms with E-state index in [9.17, 15) is 0 Å². The van der Waals surface area contributed by atoms with E-state index in [1.165, 1.54) is 0 Å². The molecule has 0 N–H and O–H groups in total. The number of hydrogen-bond acceptors (Lipinski definition) is 1. The Morgan fingerprint density at radius 2 is 1.25 bits per heavy atom. The van der Waals surface area contributed by atoms with Crippen molar-refractivity contribution in [3.8, 4) is 0 Å². The van der Waals surface area contributed by atoms with Crippen LogP contribution < -0.4 is 0 Å². The van der Waals surface area contributed by atoms with E-state index in [1.54, 1.807) is 15.9 Å². The van der Waals surface area contributed by atoms with E-state index in [0.717, 1.165) is 0 Å². The Morgan fingerprint density at radius 3 is 1.25 bits per heavy atom. The maximum atomic E-state index is 8.06. The Bertz CT molecular complexity index is 8.00. The second-order valence-electron chi connectivity index (χ2n) is 0. The zero-order valence-corrected chi connectivity index (χ0v) is 7.54. The standard InChI is InChI=1S/Co.La.Mn.O. The fourth-order valence-electron chi connectivity index (χ4n) is 0. The van der Waals surface area contributed by atoms with Crippen molar-refractivity contribution in [1.29, 1.82) is 0 Å². The second-order valence-corrected chi connectivity index (χ2v) is 0. The summed E-state index contributed by atoms with van der Waals surface area (Å²) in [6.45, 7) is 0. The molecule has 0 aliphatic rings. The predicted octanol–water partition coefficient (Wildman–Crippen LogP) is -0.124. The van der Waals surface area contributed by atoms with Crippen molar-refractivity contribution in [2.75, 3.05) is 0 Å². The molecule has 0 bridgehead atoms. The number of rotatable bonds is 0. The van der Waals surface area contributed by atoms with Crippen LogP contribution in [0.25, 0.3) is 0 Å². The third kappa shape index (κ3) is 8.98. The molecule has 0 atom stereocenters. The van der Waals surface area contributed by atoms with E-state index in [0.29, 0.717) is 0 Å². The van der Waals surface area contributed by atoms with E-state index < -0.39 is 0 Å². The van der Waals surface area contributed by atoms with Gasteiger partial charge in [0.1, 0.15) is 0 Å². The van der Waals surface area contributed by atoms with Gasteiger partial charge in [-0.2, -0.15) is 0 Å². The fraction of sp³-hybridized carbons (Fsp3) is 0. The fourth-order valence-corrected chi connectivity index (χ4v) is 0. The van der Waals surface area contributed by atoms with E-state index in [2.05, 4.69) is 0 Å². The first-order chi connectivity index (χ1) is 1.00. The molecule has 1 nitrogen and oxygen atoms in total. The Morgan fingerprint density at radius 1 is 1.25 bits per heavy atom. The van der Waals surface area contributed by atoms with Crippen molar-refractivity contribution in [2.45, 2.75) is 0 Å². The third-order valence-corrected chi connectivity index (χ3v) is 0. The summed E-state index contributed by atoms with van der Waals surface area (Å²) in [7, 11) is 0. The van der Waals surface area contributed by atoms with Crippen LogP contribution in [0, 0.1) is 35.6 Å². The van der Waals surface area contributed by atoms with Gasteiger partial charge in [-0.1, -0.05) is 0 Å². The van der Waals surface area contributed by atoms with Gasteiger partial charge < -0.3 is 0 Å². The van der Waals surface area contributed by atoms with Gasteiger partial charge in [0, 0.05) is 52.4 Å². The van der Waals surface area contributed by atoms with Crippen molar-refractivity contribution < 1.29 is 72.2 Å². The first-order valence-corrected chi connectivity index (χ1v) is 0.636. The SMILES string of the molecule is [Co].[La].[O]=[Mn]. The van der Waals surface area contributed by atoms with Gasteiger partial charge in [-0.25, -0.2) is 0 Å². The molecule has 0 spiro atoms. The van der Waals surface area contributed by atoms with Crippen LogP contribution in [0.3, 0.4) is 0 Å². The summed E-state index contributed by atoms with van der Waals surface area (Å²) in [6, 6.07) is 0. The molecule has 4 heavy (non-hydrogen) atoms. The van der Waals surface area contributed by atoms with Gasteiger partial charge in [0.15, 0.2) is 0 Å². The maximum absolute atomic E-state index is 8.06. The second kappa shape index (κ2) is 19.9. The minimum atomic E-state index is 0. The zero-order chi connectivity index (χ0) is 2.00. The molecule has 0 heterocycles. The monoisotopic (exact) mass is 269 g/mol. The van der Waals surface area contributed by atoms with E-state index in [1.807, 2.05) is 0 Å². The molecule has 0 aromatic carbocycles. The van der Waals surface area contributed by atoms with Crippen LogP contribution in [0.2, 0.25) is 0 Å². The third-order valence-electron chi connectivity index (χ3n) is 0. The number of hydrogen-bond donors (Lipinski definition) is 0. The molecule has 25 valence electrons. The molecule has 0 saturated heterocycles. The average molecular weight is 269 g/mol. The van der Waals surface area contributed by atoms with Gasteiger partial charge in [0.05, 0.1) is 0 Å². The summed E-state index contributed by atoms with van der Waals surface area (Å²) in [4.78, 5) is 0. The summed E-state index contributed by atoms with van der Waals surface area (Å²) < 4.78 is 8.06. The van der Waals surface area contributed by atoms with Crippen molar-refractivity contribution >= 4 is 0 Å². The molecule has 2 radical (unpaired) electrons. The average Bonchev–Trinajstić information content (AvgIpc) is 1.00. The molecule has 0 saturated carbocycles. The predicted molar refractivity (Wildman–Crippen MR) is 0.686 cm³/mol. The zero-order valence-electron chi connectivity index (χ0n) is 1.70. The summed E-state index contributed by atoms with van der Waals surface area (Å²) in [5.41, 5.74) is 0. The molecular formula is CoLaMnO. The van der Waals surface area contributed by atoms with Crippen molar-refractivity contribution in [1.82, 2.24) is 0 Å². The topological polar surface area (TPSA) is 17.1 Å². The van der Waals surface area contributed by atoms with Gasteiger partial charge in [-0.15, -0.1) is 0 Å². The normalized spacial score (nSPS) is 1.00. The van der Waals surface area contributed by atoms with E-state index in [-0.39, 0.29) is 52.4 Å². The van der Waals surface area contributed by atoms with Crippen LogP contribution in [-0.2, 0) is 36.6 Å². The summed E-state index contributed by atoms with van der Waals surface area (Å²) in [6.07, 6.45) is 0. The van der Waals surface area contributed by atoms with Crippen LogP contribution in [-0.4, -0.2) is 0 Å². The van der Waals surface area contributed by atoms with Crippen LogP contribution >= 0.6 is 0 Å². The van der Waals surface area contributed by atoms with Crippen molar-refractivity contribution in [2.24, 2.45) is 0 Å². The van der Waals surface area contributed by atoms with E-state index >= 15 is 0 Å². The van der Waals surface area contributed by atoms with Crippen LogP contribution in [0.4, 0.5) is 0 Å². The van der Waals surface area contributed by atoms with Crippen LogP contribution in [0.15, 0.2) is 0 Å².